The van der Waals surface area contributed by atoms with E-state index in [1.54, 1.807) is 0 Å². The highest BCUT2D eigenvalue weighted by atomic mass is 15.3. The van der Waals surface area contributed by atoms with Gasteiger partial charge in [-0.2, -0.15) is 0 Å². The lowest BCUT2D eigenvalue weighted by molar-refractivity contribution is 0.317. The fourth-order valence-electron chi connectivity index (χ4n) is 1.23. The fourth-order valence-corrected chi connectivity index (χ4v) is 1.23. The lowest BCUT2D eigenvalue weighted by Gasteiger charge is -2.31. The number of fused-ring (bicyclic) bond motifs is 1. The summed E-state index contributed by atoms with van der Waals surface area (Å²) in [5, 5.41) is 6.36. The van der Waals surface area contributed by atoms with Gasteiger partial charge in [-0.25, -0.2) is 0 Å². The van der Waals surface area contributed by atoms with Crippen LogP contribution in [0.1, 0.15) is 0 Å². The van der Waals surface area contributed by atoms with Crippen LogP contribution >= 0.6 is 0 Å². The van der Waals surface area contributed by atoms with Crippen LogP contribution in [-0.4, -0.2) is 24.7 Å². The van der Waals surface area contributed by atoms with Gasteiger partial charge in [-0.1, -0.05) is 0 Å². The molecule has 2 rings (SSSR count). The van der Waals surface area contributed by atoms with Crippen molar-refractivity contribution < 1.29 is 0 Å². The molecule has 0 aromatic rings. The molecule has 0 saturated heterocycles. The molecule has 0 fully saturated rings. The maximum Gasteiger partial charge on any atom is 0.0872 e. The van der Waals surface area contributed by atoms with Crippen LogP contribution in [0.2, 0.25) is 0 Å². The predicted octanol–water partition coefficient (Wildman–Crippen LogP) is -0.193. The molecule has 2 heterocycles. The maximum absolute atomic E-state index is 3.20. The predicted molar refractivity (Wildman–Crippen MR) is 39.9 cm³/mol. The molecule has 3 nitrogen and oxygen atoms in total. The summed E-state index contributed by atoms with van der Waals surface area (Å²) in [6.07, 6.45) is 6.12. The fraction of sp³-hybridized carbons (Fsp3) is 0.429. The first-order chi connectivity index (χ1) is 4.97. The Morgan fingerprint density at radius 3 is 3.30 bits per heavy atom. The summed E-state index contributed by atoms with van der Waals surface area (Å²) >= 11 is 0. The van der Waals surface area contributed by atoms with Crippen molar-refractivity contribution in [2.24, 2.45) is 0 Å². The van der Waals surface area contributed by atoms with Crippen molar-refractivity contribution in [3.05, 3.63) is 24.2 Å². The SMILES string of the molecule is C1=CC2=CNCCN2CN1. The van der Waals surface area contributed by atoms with Gasteiger partial charge in [0.2, 0.25) is 0 Å². The monoisotopic (exact) mass is 137 g/mol. The molecule has 0 saturated carbocycles. The highest BCUT2D eigenvalue weighted by Crippen LogP contribution is 2.09. The van der Waals surface area contributed by atoms with Crippen molar-refractivity contribution in [3.63, 3.8) is 0 Å². The van der Waals surface area contributed by atoms with Gasteiger partial charge >= 0.3 is 0 Å². The first-order valence-electron chi connectivity index (χ1n) is 3.55. The Bertz CT molecular complexity index is 183. The van der Waals surface area contributed by atoms with E-state index in [0.29, 0.717) is 0 Å². The van der Waals surface area contributed by atoms with Gasteiger partial charge in [-0.3, -0.25) is 0 Å². The molecule has 0 atom stereocenters. The summed E-state index contributed by atoms with van der Waals surface area (Å²) in [5.41, 5.74) is 1.28. The van der Waals surface area contributed by atoms with Gasteiger partial charge in [0.15, 0.2) is 0 Å². The van der Waals surface area contributed by atoms with Gasteiger partial charge in [0.1, 0.15) is 0 Å². The lowest BCUT2D eigenvalue weighted by atomic mass is 10.3. The minimum atomic E-state index is 0.948. The summed E-state index contributed by atoms with van der Waals surface area (Å²) in [5.74, 6) is 0. The second-order valence-electron chi connectivity index (χ2n) is 2.48. The third kappa shape index (κ3) is 0.835. The smallest absolute Gasteiger partial charge is 0.0872 e. The van der Waals surface area contributed by atoms with E-state index in [4.69, 9.17) is 0 Å². The summed E-state index contributed by atoms with van der Waals surface area (Å²) < 4.78 is 0. The summed E-state index contributed by atoms with van der Waals surface area (Å²) in [6.45, 7) is 3.10. The molecule has 3 heteroatoms. The molecule has 0 aliphatic carbocycles. The van der Waals surface area contributed by atoms with Gasteiger partial charge < -0.3 is 15.5 Å². The number of hydrogen-bond donors (Lipinski definition) is 2. The highest BCUT2D eigenvalue weighted by Gasteiger charge is 2.11. The number of hydrogen-bond acceptors (Lipinski definition) is 3. The topological polar surface area (TPSA) is 27.3 Å². The number of nitrogens with zero attached hydrogens (tertiary/aromatic N) is 1. The summed E-state index contributed by atoms with van der Waals surface area (Å²) in [4.78, 5) is 2.30. The van der Waals surface area contributed by atoms with Crippen molar-refractivity contribution in [1.29, 1.82) is 0 Å². The lowest BCUT2D eigenvalue weighted by Crippen LogP contribution is -2.41. The van der Waals surface area contributed by atoms with E-state index in [0.717, 1.165) is 19.8 Å². The normalized spacial score (nSPS) is 22.4. The van der Waals surface area contributed by atoms with Crippen LogP contribution in [0, 0.1) is 0 Å². The molecule has 0 bridgehead atoms. The van der Waals surface area contributed by atoms with Gasteiger partial charge in [0.05, 0.1) is 12.4 Å². The quantitative estimate of drug-likeness (QED) is 0.484. The van der Waals surface area contributed by atoms with Gasteiger partial charge in [-0.15, -0.1) is 0 Å². The third-order valence-electron chi connectivity index (χ3n) is 1.80. The highest BCUT2D eigenvalue weighted by molar-refractivity contribution is 5.20. The molecule has 10 heavy (non-hydrogen) atoms. The molecule has 0 amide bonds. The van der Waals surface area contributed by atoms with Crippen molar-refractivity contribution in [2.75, 3.05) is 19.8 Å². The zero-order chi connectivity index (χ0) is 6.81. The molecule has 54 valence electrons. The van der Waals surface area contributed by atoms with E-state index in [9.17, 15) is 0 Å². The first kappa shape index (κ1) is 5.65. The Hall–Kier alpha value is -1.12. The molecule has 0 aromatic heterocycles. The van der Waals surface area contributed by atoms with Gasteiger partial charge in [0.25, 0.3) is 0 Å². The van der Waals surface area contributed by atoms with Crippen molar-refractivity contribution >= 4 is 0 Å². The Morgan fingerprint density at radius 1 is 1.40 bits per heavy atom. The van der Waals surface area contributed by atoms with Crippen LogP contribution in [0.5, 0.6) is 0 Å². The largest absolute Gasteiger partial charge is 0.387 e. The van der Waals surface area contributed by atoms with Crippen molar-refractivity contribution in [2.45, 2.75) is 0 Å². The summed E-state index contributed by atoms with van der Waals surface area (Å²) in [6, 6.07) is 0. The van der Waals surface area contributed by atoms with Crippen LogP contribution in [0.3, 0.4) is 0 Å². The zero-order valence-corrected chi connectivity index (χ0v) is 5.80. The molecule has 2 aliphatic rings. The van der Waals surface area contributed by atoms with E-state index in [1.807, 2.05) is 6.20 Å². The average molecular weight is 137 g/mol. The zero-order valence-electron chi connectivity index (χ0n) is 5.80. The third-order valence-corrected chi connectivity index (χ3v) is 1.80. The number of nitrogens with one attached hydrogen (secondary N) is 2. The van der Waals surface area contributed by atoms with Gasteiger partial charge in [-0.05, 0) is 12.3 Å². The minimum absolute atomic E-state index is 0.948. The van der Waals surface area contributed by atoms with Crippen LogP contribution < -0.4 is 10.6 Å². The van der Waals surface area contributed by atoms with E-state index in [1.165, 1.54) is 5.70 Å². The molecule has 0 spiro atoms. The van der Waals surface area contributed by atoms with Crippen molar-refractivity contribution in [3.8, 4) is 0 Å². The second kappa shape index (κ2) is 2.25. The van der Waals surface area contributed by atoms with Crippen LogP contribution in [0.25, 0.3) is 0 Å². The van der Waals surface area contributed by atoms with E-state index < -0.39 is 0 Å². The van der Waals surface area contributed by atoms with E-state index >= 15 is 0 Å². The van der Waals surface area contributed by atoms with E-state index in [2.05, 4.69) is 27.8 Å². The minimum Gasteiger partial charge on any atom is -0.387 e. The molecule has 2 aliphatic heterocycles. The number of allylic oxidation sites excluding steroid dienone is 1. The first-order valence-corrected chi connectivity index (χ1v) is 3.55. The van der Waals surface area contributed by atoms with E-state index in [-0.39, 0.29) is 0 Å². The molecule has 0 radical (unpaired) electrons. The second-order valence-corrected chi connectivity index (χ2v) is 2.48. The van der Waals surface area contributed by atoms with Gasteiger partial charge in [0, 0.05) is 19.3 Å². The maximum atomic E-state index is 3.20. The molecule has 0 unspecified atom stereocenters. The molecule has 2 N–H and O–H groups in total. The van der Waals surface area contributed by atoms with Crippen molar-refractivity contribution in [1.82, 2.24) is 15.5 Å². The standard InChI is InChI=1S/C7H11N3/c1-2-9-6-10-4-3-8-5-7(1)10/h1-2,5,8-9H,3-4,6H2. The molecular formula is C7H11N3. The Kier molecular flexibility index (Phi) is 1.27. The molecular weight excluding hydrogens is 126 g/mol. The number of rotatable bonds is 0. The Balaban J connectivity index is 2.21. The van der Waals surface area contributed by atoms with Crippen LogP contribution in [0.15, 0.2) is 24.2 Å². The van der Waals surface area contributed by atoms with Crippen LogP contribution in [-0.2, 0) is 0 Å². The average Bonchev–Trinajstić information content (AvgIpc) is 2.05. The summed E-state index contributed by atoms with van der Waals surface area (Å²) in [7, 11) is 0. The Labute approximate surface area is 60.4 Å². The Morgan fingerprint density at radius 2 is 2.40 bits per heavy atom. The van der Waals surface area contributed by atoms with Crippen LogP contribution in [0.4, 0.5) is 0 Å². The molecule has 0 aromatic carbocycles.